The number of nitrogens with one attached hydrogen (secondary N) is 2. The maximum absolute atomic E-state index is 11.0. The summed E-state index contributed by atoms with van der Waals surface area (Å²) in [7, 11) is 0. The topological polar surface area (TPSA) is 41.1 Å². The summed E-state index contributed by atoms with van der Waals surface area (Å²) >= 11 is 5.91. The van der Waals surface area contributed by atoms with Gasteiger partial charge in [0, 0.05) is 5.02 Å². The lowest BCUT2D eigenvalue weighted by Crippen LogP contribution is -2.22. The van der Waals surface area contributed by atoms with E-state index in [-0.39, 0.29) is 12.1 Å². The van der Waals surface area contributed by atoms with Gasteiger partial charge in [-0.25, -0.2) is 0 Å². The molecule has 3 nitrogen and oxygen atoms in total. The van der Waals surface area contributed by atoms with Gasteiger partial charge in [0.15, 0.2) is 0 Å². The SMILES string of the molecule is Cc1cc(C2NCC(=O)N2)ccc1Cl. The first-order chi connectivity index (χ1) is 6.66. The summed E-state index contributed by atoms with van der Waals surface area (Å²) in [6, 6.07) is 5.74. The van der Waals surface area contributed by atoms with Crippen LogP contribution in [0.2, 0.25) is 5.02 Å². The smallest absolute Gasteiger partial charge is 0.235 e. The largest absolute Gasteiger partial charge is 0.336 e. The van der Waals surface area contributed by atoms with Crippen molar-refractivity contribution in [1.82, 2.24) is 10.6 Å². The average molecular weight is 211 g/mol. The molecule has 1 amide bonds. The van der Waals surface area contributed by atoms with Gasteiger partial charge in [0.1, 0.15) is 6.17 Å². The molecule has 0 aromatic heterocycles. The van der Waals surface area contributed by atoms with Crippen molar-refractivity contribution >= 4 is 17.5 Å². The van der Waals surface area contributed by atoms with E-state index in [9.17, 15) is 4.79 Å². The molecule has 2 rings (SSSR count). The minimum Gasteiger partial charge on any atom is -0.336 e. The van der Waals surface area contributed by atoms with Crippen molar-refractivity contribution in [2.75, 3.05) is 6.54 Å². The third-order valence-corrected chi connectivity index (χ3v) is 2.71. The molecule has 14 heavy (non-hydrogen) atoms. The molecule has 1 aromatic carbocycles. The van der Waals surface area contributed by atoms with E-state index in [2.05, 4.69) is 10.6 Å². The fraction of sp³-hybridized carbons (Fsp3) is 0.300. The summed E-state index contributed by atoms with van der Waals surface area (Å²) in [5.41, 5.74) is 2.06. The van der Waals surface area contributed by atoms with Crippen LogP contribution in [-0.2, 0) is 4.79 Å². The fourth-order valence-electron chi connectivity index (χ4n) is 1.51. The average Bonchev–Trinajstić information content (AvgIpc) is 2.57. The highest BCUT2D eigenvalue weighted by Gasteiger charge is 2.21. The van der Waals surface area contributed by atoms with Crippen molar-refractivity contribution in [2.24, 2.45) is 0 Å². The molecule has 1 heterocycles. The van der Waals surface area contributed by atoms with E-state index < -0.39 is 0 Å². The van der Waals surface area contributed by atoms with Crippen LogP contribution in [0.5, 0.6) is 0 Å². The summed E-state index contributed by atoms with van der Waals surface area (Å²) in [6.07, 6.45) is -0.0709. The molecule has 0 saturated carbocycles. The number of hydrogen-bond acceptors (Lipinski definition) is 2. The predicted molar refractivity (Wildman–Crippen MR) is 55.1 cm³/mol. The number of amides is 1. The van der Waals surface area contributed by atoms with Gasteiger partial charge < -0.3 is 5.32 Å². The summed E-state index contributed by atoms with van der Waals surface area (Å²) in [4.78, 5) is 11.0. The first kappa shape index (κ1) is 9.49. The molecule has 0 radical (unpaired) electrons. The molecule has 2 N–H and O–H groups in total. The van der Waals surface area contributed by atoms with Crippen LogP contribution in [0, 0.1) is 6.92 Å². The van der Waals surface area contributed by atoms with E-state index >= 15 is 0 Å². The summed E-state index contributed by atoms with van der Waals surface area (Å²) in [5, 5.41) is 6.64. The molecule has 74 valence electrons. The monoisotopic (exact) mass is 210 g/mol. The lowest BCUT2D eigenvalue weighted by atomic mass is 10.1. The molecule has 1 aliphatic heterocycles. The molecule has 1 unspecified atom stereocenters. The summed E-state index contributed by atoms with van der Waals surface area (Å²) in [5.74, 6) is 0.0302. The Kier molecular flexibility index (Phi) is 2.44. The van der Waals surface area contributed by atoms with Gasteiger partial charge in [0.25, 0.3) is 0 Å². The Bertz CT molecular complexity index is 378. The van der Waals surface area contributed by atoms with Crippen LogP contribution >= 0.6 is 11.6 Å². The van der Waals surface area contributed by atoms with Gasteiger partial charge in [-0.3, -0.25) is 10.1 Å². The minimum absolute atomic E-state index is 0.0302. The highest BCUT2D eigenvalue weighted by Crippen LogP contribution is 2.20. The lowest BCUT2D eigenvalue weighted by molar-refractivity contribution is -0.118. The lowest BCUT2D eigenvalue weighted by Gasteiger charge is -2.11. The number of benzene rings is 1. The normalized spacial score (nSPS) is 21.0. The van der Waals surface area contributed by atoms with Crippen LogP contribution in [0.1, 0.15) is 17.3 Å². The Morgan fingerprint density at radius 1 is 1.50 bits per heavy atom. The number of carbonyl (C=O) groups is 1. The second-order valence-electron chi connectivity index (χ2n) is 3.39. The van der Waals surface area contributed by atoms with Crippen molar-refractivity contribution in [2.45, 2.75) is 13.1 Å². The van der Waals surface area contributed by atoms with Crippen LogP contribution in [0.3, 0.4) is 0 Å². The number of halogens is 1. The van der Waals surface area contributed by atoms with Gasteiger partial charge in [0.05, 0.1) is 6.54 Å². The number of carbonyl (C=O) groups excluding carboxylic acids is 1. The van der Waals surface area contributed by atoms with Gasteiger partial charge in [0.2, 0.25) is 5.91 Å². The minimum atomic E-state index is -0.0709. The van der Waals surface area contributed by atoms with Crippen molar-refractivity contribution in [3.05, 3.63) is 34.3 Å². The van der Waals surface area contributed by atoms with Gasteiger partial charge in [-0.15, -0.1) is 0 Å². The van der Waals surface area contributed by atoms with E-state index in [4.69, 9.17) is 11.6 Å². The molecule has 1 aliphatic rings. The molecular formula is C10H11ClN2O. The summed E-state index contributed by atoms with van der Waals surface area (Å²) < 4.78 is 0. The third-order valence-electron chi connectivity index (χ3n) is 2.29. The van der Waals surface area contributed by atoms with Gasteiger partial charge in [-0.1, -0.05) is 23.7 Å². The van der Waals surface area contributed by atoms with Crippen LogP contribution in [0.25, 0.3) is 0 Å². The van der Waals surface area contributed by atoms with E-state index in [1.54, 1.807) is 0 Å². The zero-order valence-electron chi connectivity index (χ0n) is 7.80. The highest BCUT2D eigenvalue weighted by molar-refractivity contribution is 6.31. The highest BCUT2D eigenvalue weighted by atomic mass is 35.5. The number of aryl methyl sites for hydroxylation is 1. The van der Waals surface area contributed by atoms with Gasteiger partial charge in [-0.2, -0.15) is 0 Å². The second-order valence-corrected chi connectivity index (χ2v) is 3.80. The molecule has 1 fully saturated rings. The number of hydrogen-bond donors (Lipinski definition) is 2. The molecule has 0 bridgehead atoms. The van der Waals surface area contributed by atoms with E-state index in [1.807, 2.05) is 25.1 Å². The van der Waals surface area contributed by atoms with Crippen LogP contribution < -0.4 is 10.6 Å². The molecule has 0 aliphatic carbocycles. The molecule has 1 aromatic rings. The molecule has 4 heteroatoms. The second kappa shape index (κ2) is 3.59. The van der Waals surface area contributed by atoms with Crippen LogP contribution in [0.4, 0.5) is 0 Å². The standard InChI is InChI=1S/C10H11ClN2O/c1-6-4-7(2-3-8(6)11)10-12-5-9(14)13-10/h2-4,10,12H,5H2,1H3,(H,13,14). The summed E-state index contributed by atoms with van der Waals surface area (Å²) in [6.45, 7) is 2.33. The van der Waals surface area contributed by atoms with Crippen LogP contribution in [-0.4, -0.2) is 12.5 Å². The number of rotatable bonds is 1. The first-order valence-corrected chi connectivity index (χ1v) is 4.83. The maximum atomic E-state index is 11.0. The van der Waals surface area contributed by atoms with E-state index in [0.717, 1.165) is 16.1 Å². The Labute approximate surface area is 87.4 Å². The van der Waals surface area contributed by atoms with E-state index in [0.29, 0.717) is 6.54 Å². The van der Waals surface area contributed by atoms with Crippen molar-refractivity contribution in [3.8, 4) is 0 Å². The quantitative estimate of drug-likeness (QED) is 0.735. The maximum Gasteiger partial charge on any atom is 0.235 e. The van der Waals surface area contributed by atoms with E-state index in [1.165, 1.54) is 0 Å². The van der Waals surface area contributed by atoms with Crippen LogP contribution in [0.15, 0.2) is 18.2 Å². The Balaban J connectivity index is 2.24. The van der Waals surface area contributed by atoms with Crippen molar-refractivity contribution < 1.29 is 4.79 Å². The Morgan fingerprint density at radius 2 is 2.29 bits per heavy atom. The Morgan fingerprint density at radius 3 is 2.86 bits per heavy atom. The van der Waals surface area contributed by atoms with Crippen molar-refractivity contribution in [1.29, 1.82) is 0 Å². The first-order valence-electron chi connectivity index (χ1n) is 4.45. The zero-order valence-corrected chi connectivity index (χ0v) is 8.56. The fourth-order valence-corrected chi connectivity index (χ4v) is 1.62. The zero-order chi connectivity index (χ0) is 10.1. The molecular weight excluding hydrogens is 200 g/mol. The Hall–Kier alpha value is -1.06. The third kappa shape index (κ3) is 1.74. The van der Waals surface area contributed by atoms with Gasteiger partial charge >= 0.3 is 0 Å². The van der Waals surface area contributed by atoms with Crippen molar-refractivity contribution in [3.63, 3.8) is 0 Å². The van der Waals surface area contributed by atoms with Gasteiger partial charge in [-0.05, 0) is 24.1 Å². The molecule has 1 saturated heterocycles. The molecule has 1 atom stereocenters. The predicted octanol–water partition coefficient (Wildman–Crippen LogP) is 1.37. The molecule has 0 spiro atoms.